The highest BCUT2D eigenvalue weighted by atomic mass is 16.6. The zero-order chi connectivity index (χ0) is 12.1. The van der Waals surface area contributed by atoms with Crippen molar-refractivity contribution in [3.05, 3.63) is 0 Å². The summed E-state index contributed by atoms with van der Waals surface area (Å²) >= 11 is 0. The van der Waals surface area contributed by atoms with Gasteiger partial charge in [0.15, 0.2) is 0 Å². The molecule has 1 unspecified atom stereocenters. The van der Waals surface area contributed by atoms with Gasteiger partial charge in [0.1, 0.15) is 12.1 Å². The zero-order valence-corrected chi connectivity index (χ0v) is 9.61. The summed E-state index contributed by atoms with van der Waals surface area (Å²) in [7, 11) is 0. The number of aliphatic carboxylic acids is 1. The Hall–Kier alpha value is -1.26. The number of carboxylic acid groups (broad SMARTS) is 1. The molecule has 0 aromatic rings. The predicted molar refractivity (Wildman–Crippen MR) is 54.6 cm³/mol. The van der Waals surface area contributed by atoms with Crippen molar-refractivity contribution in [1.82, 2.24) is 0 Å². The topological polar surface area (TPSA) is 82.0 Å². The lowest BCUT2D eigenvalue weighted by atomic mass is 10.2. The van der Waals surface area contributed by atoms with Crippen LogP contribution in [0.3, 0.4) is 0 Å². The van der Waals surface area contributed by atoms with Crippen LogP contribution in [-0.4, -0.2) is 28.8 Å². The van der Waals surface area contributed by atoms with Crippen molar-refractivity contribution >= 4 is 12.1 Å². The first-order valence-corrected chi connectivity index (χ1v) is 4.93. The lowest BCUT2D eigenvalue weighted by Crippen LogP contribution is -2.34. The molecule has 0 rings (SSSR count). The Labute approximate surface area is 89.8 Å². The lowest BCUT2D eigenvalue weighted by molar-refractivity contribution is -0.261. The highest BCUT2D eigenvalue weighted by Gasteiger charge is 2.15. The number of hydrogen-bond donors (Lipinski definition) is 1. The van der Waals surface area contributed by atoms with Crippen molar-refractivity contribution in [3.63, 3.8) is 0 Å². The second-order valence-electron chi connectivity index (χ2n) is 4.25. The summed E-state index contributed by atoms with van der Waals surface area (Å²) in [5.74, 6) is -1.09. The Kier molecular flexibility index (Phi) is 5.11. The summed E-state index contributed by atoms with van der Waals surface area (Å²) < 4.78 is 4.90. The predicted octanol–water partition coefficient (Wildman–Crippen LogP) is 0.771. The molecule has 0 aliphatic rings. The van der Waals surface area contributed by atoms with E-state index in [1.54, 1.807) is 20.8 Å². The molecule has 5 nitrogen and oxygen atoms in total. The summed E-state index contributed by atoms with van der Waals surface area (Å²) in [4.78, 5) is 14.2. The number of nitrogens with zero attached hydrogens (tertiary/aromatic N) is 1. The van der Waals surface area contributed by atoms with Gasteiger partial charge in [-0.3, -0.25) is 4.99 Å². The molecule has 0 aliphatic carbocycles. The lowest BCUT2D eigenvalue weighted by Gasteiger charge is -2.30. The fraction of sp³-hybridized carbons (Fsp3) is 0.800. The van der Waals surface area contributed by atoms with Crippen LogP contribution in [0, 0.1) is 0 Å². The van der Waals surface area contributed by atoms with Gasteiger partial charge in [-0.1, -0.05) is 34.1 Å². The number of ether oxygens (including phenoxy) is 1. The normalized spacial score (nSPS) is 14.8. The van der Waals surface area contributed by atoms with Crippen LogP contribution in [0.2, 0.25) is 0 Å². The van der Waals surface area contributed by atoms with E-state index in [4.69, 9.17) is 9.84 Å². The number of aliphatic imine (C=N–C) groups is 1. The summed E-state index contributed by atoms with van der Waals surface area (Å²) in [5, 5.41) is 19.9. The minimum Gasteiger partial charge on any atom is -0.595 e. The Morgan fingerprint density at radius 3 is 2.40 bits per heavy atom. The minimum atomic E-state index is -1.09. The van der Waals surface area contributed by atoms with Crippen LogP contribution in [0.4, 0.5) is 0 Å². The Bertz CT molecular complexity index is 242. The largest absolute Gasteiger partial charge is 0.595 e. The van der Waals surface area contributed by atoms with Gasteiger partial charge in [-0.05, 0) is 6.42 Å². The average Bonchev–Trinajstić information content (AvgIpc) is 1.99. The van der Waals surface area contributed by atoms with Gasteiger partial charge in [0.05, 0.1) is 0 Å². The molecule has 0 saturated carbocycles. The minimum absolute atomic E-state index is 0.342. The number of carboxylic acids is 1. The smallest absolute Gasteiger partial charge is 0.328 e. The van der Waals surface area contributed by atoms with Crippen LogP contribution in [-0.2, 0) is 9.53 Å². The molecule has 15 heavy (non-hydrogen) atoms. The molecule has 0 saturated heterocycles. The molecule has 0 fully saturated rings. The van der Waals surface area contributed by atoms with Crippen LogP contribution in [0.15, 0.2) is 4.99 Å². The molecule has 0 radical (unpaired) electrons. The Morgan fingerprint density at radius 1 is 1.53 bits per heavy atom. The van der Waals surface area contributed by atoms with Gasteiger partial charge in [-0.2, -0.15) is 0 Å². The van der Waals surface area contributed by atoms with Gasteiger partial charge < -0.3 is 14.9 Å². The highest BCUT2D eigenvalue weighted by Crippen LogP contribution is 2.08. The maximum absolute atomic E-state index is 11.2. The van der Waals surface area contributed by atoms with E-state index in [-0.39, 0.29) is 0 Å². The van der Waals surface area contributed by atoms with E-state index in [1.807, 2.05) is 6.92 Å². The molecular weight excluding hydrogens is 198 g/mol. The van der Waals surface area contributed by atoms with Crippen LogP contribution in [0.1, 0.15) is 40.5 Å². The molecule has 0 amide bonds. The summed E-state index contributed by atoms with van der Waals surface area (Å²) in [6.07, 6.45) is 0.182. The highest BCUT2D eigenvalue weighted by molar-refractivity contribution is 5.76. The van der Waals surface area contributed by atoms with Crippen molar-refractivity contribution in [2.75, 3.05) is 0 Å². The molecule has 1 atom stereocenters. The molecule has 5 heteroatoms. The number of carbonyl (C=O) groups is 1. The summed E-state index contributed by atoms with van der Waals surface area (Å²) in [6, 6.07) is -0.996. The molecule has 0 aromatic heterocycles. The van der Waals surface area contributed by atoms with Gasteiger partial charge in [0.25, 0.3) is 0 Å². The van der Waals surface area contributed by atoms with Gasteiger partial charge in [0, 0.05) is 5.60 Å². The third-order valence-electron chi connectivity index (χ3n) is 1.50. The molecule has 1 N–H and O–H groups in total. The van der Waals surface area contributed by atoms with Crippen molar-refractivity contribution in [1.29, 1.82) is 0 Å². The van der Waals surface area contributed by atoms with Crippen molar-refractivity contribution in [2.24, 2.45) is 4.99 Å². The van der Waals surface area contributed by atoms with Gasteiger partial charge in [-0.25, -0.2) is 4.79 Å². The zero-order valence-electron chi connectivity index (χ0n) is 9.61. The third kappa shape index (κ3) is 6.76. The first-order valence-electron chi connectivity index (χ1n) is 4.93. The average molecular weight is 216 g/mol. The van der Waals surface area contributed by atoms with Gasteiger partial charge in [-0.15, -0.1) is 0 Å². The quantitative estimate of drug-likeness (QED) is 0.556. The van der Waals surface area contributed by atoms with E-state index >= 15 is 0 Å². The van der Waals surface area contributed by atoms with E-state index < -0.39 is 23.7 Å². The maximum atomic E-state index is 11.2. The maximum Gasteiger partial charge on any atom is 0.328 e. The molecule has 0 bridgehead atoms. The second kappa shape index (κ2) is 5.58. The molecule has 88 valence electrons. The summed E-state index contributed by atoms with van der Waals surface area (Å²) in [5.41, 5.74) is -0.643. The molecular formula is C10H18NO4-. The second-order valence-corrected chi connectivity index (χ2v) is 4.25. The van der Waals surface area contributed by atoms with Crippen LogP contribution < -0.4 is 5.11 Å². The first-order chi connectivity index (χ1) is 6.76. The fourth-order valence-corrected chi connectivity index (χ4v) is 0.932. The van der Waals surface area contributed by atoms with Crippen LogP contribution >= 0.6 is 0 Å². The van der Waals surface area contributed by atoms with Crippen molar-refractivity contribution in [3.8, 4) is 0 Å². The molecule has 0 aromatic carbocycles. The molecule has 0 spiro atoms. The van der Waals surface area contributed by atoms with Crippen LogP contribution in [0.5, 0.6) is 0 Å². The van der Waals surface area contributed by atoms with E-state index in [2.05, 4.69) is 4.99 Å². The van der Waals surface area contributed by atoms with E-state index in [0.717, 1.165) is 0 Å². The number of rotatable bonds is 4. The number of hydrogen-bond acceptors (Lipinski definition) is 4. The Morgan fingerprint density at radius 2 is 2.07 bits per heavy atom. The van der Waals surface area contributed by atoms with Gasteiger partial charge >= 0.3 is 5.97 Å². The standard InChI is InChI=1S/C10H19NO4/c1-5-6-7(8(12)13)11-9(14)15-10(2,3)4/h7H,5-6H2,1-4H3,(H,11,14)(H,12,13)/p-1. The third-order valence-corrected chi connectivity index (χ3v) is 1.50. The molecule has 0 heterocycles. The van der Waals surface area contributed by atoms with E-state index in [0.29, 0.717) is 12.8 Å². The van der Waals surface area contributed by atoms with Crippen LogP contribution in [0.25, 0.3) is 0 Å². The van der Waals surface area contributed by atoms with Gasteiger partial charge in [0.2, 0.25) is 0 Å². The summed E-state index contributed by atoms with van der Waals surface area (Å²) in [6.45, 7) is 6.95. The van der Waals surface area contributed by atoms with E-state index in [1.165, 1.54) is 0 Å². The fourth-order valence-electron chi connectivity index (χ4n) is 0.932. The Balaban J connectivity index is 4.47. The van der Waals surface area contributed by atoms with E-state index in [9.17, 15) is 9.90 Å². The first kappa shape index (κ1) is 13.7. The monoisotopic (exact) mass is 216 g/mol. The van der Waals surface area contributed by atoms with Crippen molar-refractivity contribution in [2.45, 2.75) is 52.2 Å². The SMILES string of the molecule is CCCC(N=C([O-])OC(C)(C)C)C(=O)O. The van der Waals surface area contributed by atoms with Crippen molar-refractivity contribution < 1.29 is 19.7 Å². The molecule has 0 aliphatic heterocycles.